The molecule has 1 aliphatic rings. The molecule has 1 aliphatic heterocycles. The van der Waals surface area contributed by atoms with Crippen molar-refractivity contribution in [2.45, 2.75) is 19.0 Å². The Bertz CT molecular complexity index is 1390. The monoisotopic (exact) mass is 491 g/mol. The lowest BCUT2D eigenvalue weighted by Crippen LogP contribution is -2.36. The van der Waals surface area contributed by atoms with Gasteiger partial charge in [0.15, 0.2) is 5.65 Å². The number of nitrogens with one attached hydrogen (secondary N) is 3. The van der Waals surface area contributed by atoms with E-state index < -0.39 is 0 Å². The molecule has 2 amide bonds. The molecule has 1 aromatic carbocycles. The van der Waals surface area contributed by atoms with Gasteiger partial charge >= 0.3 is 0 Å². The minimum Gasteiger partial charge on any atom is -0.497 e. The average Bonchev–Trinajstić information content (AvgIpc) is 3.62. The molecule has 0 aliphatic carbocycles. The van der Waals surface area contributed by atoms with Crippen LogP contribution in [-0.2, 0) is 6.54 Å². The van der Waals surface area contributed by atoms with E-state index in [4.69, 9.17) is 10.5 Å². The van der Waals surface area contributed by atoms with Gasteiger partial charge in [0.2, 0.25) is 5.95 Å². The SMILES string of the molecule is COc1cccc(CNC(=O)c2cc(-c3cc(C(=O)NC4CCNC4)c4nc(N)nn4c3)cs2)c1. The molecule has 5 N–H and O–H groups in total. The largest absolute Gasteiger partial charge is 0.497 e. The number of hydrogen-bond acceptors (Lipinski definition) is 8. The van der Waals surface area contributed by atoms with Crippen LogP contribution in [-0.4, -0.2) is 52.7 Å². The molecule has 0 saturated carbocycles. The van der Waals surface area contributed by atoms with Crippen molar-refractivity contribution in [2.24, 2.45) is 0 Å². The highest BCUT2D eigenvalue weighted by Crippen LogP contribution is 2.28. The first-order valence-corrected chi connectivity index (χ1v) is 12.1. The number of thiophene rings is 1. The Kier molecular flexibility index (Phi) is 6.34. The highest BCUT2D eigenvalue weighted by atomic mass is 32.1. The van der Waals surface area contributed by atoms with Crippen molar-refractivity contribution in [3.05, 3.63) is 64.0 Å². The maximum Gasteiger partial charge on any atom is 0.261 e. The maximum atomic E-state index is 13.1. The summed E-state index contributed by atoms with van der Waals surface area (Å²) in [4.78, 5) is 30.6. The minimum absolute atomic E-state index is 0.0625. The van der Waals surface area contributed by atoms with Crippen LogP contribution < -0.4 is 26.4 Å². The number of pyridine rings is 1. The number of carbonyl (C=O) groups excluding carboxylic acids is 2. The molecule has 1 unspecified atom stereocenters. The molecule has 0 bridgehead atoms. The molecule has 4 aromatic rings. The lowest BCUT2D eigenvalue weighted by molar-refractivity contribution is 0.0937. The third-order valence-corrected chi connectivity index (χ3v) is 6.76. The molecule has 3 aromatic heterocycles. The standard InChI is InChI=1S/C24H25N7O3S/c1-34-18-4-2-3-14(7-18)10-27-23(33)20-9-16(13-35-20)15-8-19(21-29-24(25)30-31(21)12-15)22(32)28-17-5-6-26-11-17/h2-4,7-9,12-13,17,26H,5-6,10-11H2,1H3,(H2,25,30)(H,27,33)(H,28,32). The number of benzene rings is 1. The second-order valence-corrected chi connectivity index (χ2v) is 9.19. The number of amides is 2. The Labute approximate surface area is 205 Å². The number of aromatic nitrogens is 3. The topological polar surface area (TPSA) is 136 Å². The number of carbonyl (C=O) groups is 2. The summed E-state index contributed by atoms with van der Waals surface area (Å²) < 4.78 is 6.74. The summed E-state index contributed by atoms with van der Waals surface area (Å²) in [6.07, 6.45) is 2.63. The fraction of sp³-hybridized carbons (Fsp3) is 0.250. The number of nitrogens with zero attached hydrogens (tertiary/aromatic N) is 3. The van der Waals surface area contributed by atoms with Crippen LogP contribution in [0, 0.1) is 0 Å². The van der Waals surface area contributed by atoms with Crippen LogP contribution >= 0.6 is 11.3 Å². The van der Waals surface area contributed by atoms with E-state index in [1.807, 2.05) is 29.6 Å². The van der Waals surface area contributed by atoms with Crippen molar-refractivity contribution < 1.29 is 14.3 Å². The van der Waals surface area contributed by atoms with Gasteiger partial charge in [-0.3, -0.25) is 9.59 Å². The van der Waals surface area contributed by atoms with E-state index in [9.17, 15) is 9.59 Å². The van der Waals surface area contributed by atoms with Gasteiger partial charge in [0.25, 0.3) is 11.8 Å². The first kappa shape index (κ1) is 22.8. The fourth-order valence-electron chi connectivity index (χ4n) is 4.03. The zero-order valence-corrected chi connectivity index (χ0v) is 19.9. The van der Waals surface area contributed by atoms with E-state index in [1.54, 1.807) is 25.4 Å². The zero-order valence-electron chi connectivity index (χ0n) is 19.1. The number of methoxy groups -OCH3 is 1. The molecule has 0 spiro atoms. The summed E-state index contributed by atoms with van der Waals surface area (Å²) in [7, 11) is 1.61. The van der Waals surface area contributed by atoms with Gasteiger partial charge in [0.1, 0.15) is 5.75 Å². The zero-order chi connectivity index (χ0) is 24.4. The number of hydrogen-bond donors (Lipinski definition) is 4. The molecule has 180 valence electrons. The van der Waals surface area contributed by atoms with Crippen molar-refractivity contribution in [2.75, 3.05) is 25.9 Å². The summed E-state index contributed by atoms with van der Waals surface area (Å²) in [6, 6.07) is 11.2. The lowest BCUT2D eigenvalue weighted by atomic mass is 10.1. The van der Waals surface area contributed by atoms with E-state index in [0.29, 0.717) is 22.6 Å². The van der Waals surface area contributed by atoms with Gasteiger partial charge in [-0.15, -0.1) is 16.4 Å². The first-order chi connectivity index (χ1) is 17.0. The Hall–Kier alpha value is -3.96. The Morgan fingerprint density at radius 1 is 1.26 bits per heavy atom. The summed E-state index contributed by atoms with van der Waals surface area (Å²) in [6.45, 7) is 1.99. The van der Waals surface area contributed by atoms with Crippen LogP contribution in [0.3, 0.4) is 0 Å². The third kappa shape index (κ3) is 4.96. The predicted octanol–water partition coefficient (Wildman–Crippen LogP) is 2.07. The minimum atomic E-state index is -0.232. The van der Waals surface area contributed by atoms with Gasteiger partial charge in [-0.25, -0.2) is 4.52 Å². The van der Waals surface area contributed by atoms with E-state index in [2.05, 4.69) is 26.0 Å². The third-order valence-electron chi connectivity index (χ3n) is 5.83. The maximum absolute atomic E-state index is 13.1. The van der Waals surface area contributed by atoms with Crippen molar-refractivity contribution in [3.63, 3.8) is 0 Å². The number of nitrogens with two attached hydrogens (primary N) is 1. The fourth-order valence-corrected chi connectivity index (χ4v) is 4.86. The highest BCUT2D eigenvalue weighted by molar-refractivity contribution is 7.12. The Morgan fingerprint density at radius 2 is 2.14 bits per heavy atom. The van der Waals surface area contributed by atoms with Gasteiger partial charge in [-0.2, -0.15) is 4.98 Å². The summed E-state index contributed by atoms with van der Waals surface area (Å²) >= 11 is 1.33. The number of ether oxygens (including phenoxy) is 1. The molecule has 5 rings (SSSR count). The number of nitrogen functional groups attached to an aromatic ring is 1. The highest BCUT2D eigenvalue weighted by Gasteiger charge is 2.22. The van der Waals surface area contributed by atoms with Gasteiger partial charge in [0.05, 0.1) is 17.6 Å². The molecule has 11 heteroatoms. The van der Waals surface area contributed by atoms with E-state index in [-0.39, 0.29) is 23.8 Å². The molecular weight excluding hydrogens is 466 g/mol. The van der Waals surface area contributed by atoms with Crippen LogP contribution in [0.5, 0.6) is 5.75 Å². The summed E-state index contributed by atoms with van der Waals surface area (Å²) in [5, 5.41) is 15.3. The Balaban J connectivity index is 1.37. The van der Waals surface area contributed by atoms with Gasteiger partial charge in [0, 0.05) is 30.9 Å². The molecule has 0 radical (unpaired) electrons. The first-order valence-electron chi connectivity index (χ1n) is 11.2. The van der Waals surface area contributed by atoms with Crippen LogP contribution in [0.1, 0.15) is 32.0 Å². The molecule has 35 heavy (non-hydrogen) atoms. The Morgan fingerprint density at radius 3 is 2.94 bits per heavy atom. The molecule has 4 heterocycles. The molecular formula is C24H25N7O3S. The van der Waals surface area contributed by atoms with E-state index >= 15 is 0 Å². The van der Waals surface area contributed by atoms with Crippen LogP contribution in [0.4, 0.5) is 5.95 Å². The average molecular weight is 492 g/mol. The molecule has 1 saturated heterocycles. The summed E-state index contributed by atoms with van der Waals surface area (Å²) in [5.41, 5.74) is 9.06. The predicted molar refractivity (Wildman–Crippen MR) is 134 cm³/mol. The van der Waals surface area contributed by atoms with Crippen LogP contribution in [0.2, 0.25) is 0 Å². The second kappa shape index (κ2) is 9.72. The number of fused-ring (bicyclic) bond motifs is 1. The quantitative estimate of drug-likeness (QED) is 0.311. The molecule has 10 nitrogen and oxygen atoms in total. The van der Waals surface area contributed by atoms with Gasteiger partial charge in [-0.1, -0.05) is 12.1 Å². The van der Waals surface area contributed by atoms with Crippen molar-refractivity contribution in [1.82, 2.24) is 30.5 Å². The number of anilines is 1. The second-order valence-electron chi connectivity index (χ2n) is 8.28. The molecule has 1 atom stereocenters. The van der Waals surface area contributed by atoms with E-state index in [1.165, 1.54) is 15.9 Å². The van der Waals surface area contributed by atoms with E-state index in [0.717, 1.165) is 42.0 Å². The van der Waals surface area contributed by atoms with Crippen molar-refractivity contribution in [1.29, 1.82) is 0 Å². The number of rotatable bonds is 7. The summed E-state index contributed by atoms with van der Waals surface area (Å²) in [5.74, 6) is 0.413. The van der Waals surface area contributed by atoms with Crippen LogP contribution in [0.15, 0.2) is 48.0 Å². The van der Waals surface area contributed by atoms with Crippen LogP contribution in [0.25, 0.3) is 16.8 Å². The normalized spacial score (nSPS) is 15.3. The van der Waals surface area contributed by atoms with Crippen molar-refractivity contribution in [3.8, 4) is 16.9 Å². The van der Waals surface area contributed by atoms with Gasteiger partial charge < -0.3 is 26.4 Å². The lowest BCUT2D eigenvalue weighted by Gasteiger charge is -2.12. The molecule has 1 fully saturated rings. The van der Waals surface area contributed by atoms with Gasteiger partial charge in [-0.05, 0) is 53.7 Å². The van der Waals surface area contributed by atoms with Crippen molar-refractivity contribution >= 4 is 34.7 Å². The smallest absolute Gasteiger partial charge is 0.261 e.